The maximum absolute atomic E-state index is 13.4. The first-order valence-electron chi connectivity index (χ1n) is 6.99. The fourth-order valence-corrected chi connectivity index (χ4v) is 1.83. The minimum absolute atomic E-state index is 0.107. The fraction of sp³-hybridized carbons (Fsp3) is 0.118. The number of nitrogens with one attached hydrogen (secondary N) is 2. The maximum atomic E-state index is 13.4. The number of hydrogen-bond donors (Lipinski definition) is 2. The molecule has 0 atom stereocenters. The molecule has 2 aromatic rings. The third-order valence-corrected chi connectivity index (χ3v) is 3.07. The van der Waals surface area contributed by atoms with Crippen LogP contribution in [0.5, 0.6) is 0 Å². The maximum Gasteiger partial charge on any atom is 0.259 e. The van der Waals surface area contributed by atoms with Crippen molar-refractivity contribution < 1.29 is 14.0 Å². The molecule has 0 saturated heterocycles. The summed E-state index contributed by atoms with van der Waals surface area (Å²) >= 11 is 0. The van der Waals surface area contributed by atoms with Crippen molar-refractivity contribution >= 4 is 17.5 Å². The molecule has 5 nitrogen and oxygen atoms in total. The zero-order chi connectivity index (χ0) is 16.7. The molecule has 0 aliphatic carbocycles. The molecule has 0 unspecified atom stereocenters. The van der Waals surface area contributed by atoms with Crippen LogP contribution in [0, 0.1) is 5.82 Å². The molecular weight excluding hydrogens is 297 g/mol. The zero-order valence-electron chi connectivity index (χ0n) is 12.5. The first-order valence-corrected chi connectivity index (χ1v) is 6.99. The van der Waals surface area contributed by atoms with Gasteiger partial charge in [0.25, 0.3) is 11.8 Å². The van der Waals surface area contributed by atoms with Crippen molar-refractivity contribution in [1.82, 2.24) is 10.7 Å². The fourth-order valence-electron chi connectivity index (χ4n) is 1.83. The predicted octanol–water partition coefficient (Wildman–Crippen LogP) is 2.10. The Morgan fingerprint density at radius 2 is 1.70 bits per heavy atom. The largest absolute Gasteiger partial charge is 0.343 e. The van der Waals surface area contributed by atoms with Crippen molar-refractivity contribution in [2.24, 2.45) is 5.10 Å². The summed E-state index contributed by atoms with van der Waals surface area (Å²) in [6.45, 7) is 1.46. The Labute approximate surface area is 133 Å². The van der Waals surface area contributed by atoms with Gasteiger partial charge in [0.15, 0.2) is 0 Å². The molecule has 0 radical (unpaired) electrons. The van der Waals surface area contributed by atoms with Crippen molar-refractivity contribution in [2.75, 3.05) is 6.54 Å². The van der Waals surface area contributed by atoms with Crippen LogP contribution in [0.4, 0.5) is 4.39 Å². The lowest BCUT2D eigenvalue weighted by molar-refractivity contribution is -0.120. The molecule has 0 aliphatic rings. The second-order valence-electron chi connectivity index (χ2n) is 4.76. The normalized spacial score (nSPS) is 11.0. The molecule has 118 valence electrons. The van der Waals surface area contributed by atoms with Gasteiger partial charge in [0, 0.05) is 0 Å². The van der Waals surface area contributed by atoms with Gasteiger partial charge in [-0.3, -0.25) is 9.59 Å². The molecule has 0 spiro atoms. The lowest BCUT2D eigenvalue weighted by Gasteiger charge is -2.06. The number of benzene rings is 2. The average molecular weight is 313 g/mol. The third-order valence-electron chi connectivity index (χ3n) is 3.07. The molecular formula is C17H16FN3O2. The molecule has 0 heterocycles. The Bertz CT molecular complexity index is 730. The van der Waals surface area contributed by atoms with E-state index in [4.69, 9.17) is 0 Å². The highest BCUT2D eigenvalue weighted by Crippen LogP contribution is 2.05. The number of carbonyl (C=O) groups excluding carboxylic acids is 2. The van der Waals surface area contributed by atoms with Crippen LogP contribution in [0.25, 0.3) is 0 Å². The van der Waals surface area contributed by atoms with Crippen LogP contribution in [0.1, 0.15) is 22.8 Å². The molecule has 23 heavy (non-hydrogen) atoms. The van der Waals surface area contributed by atoms with Gasteiger partial charge < -0.3 is 5.32 Å². The average Bonchev–Trinajstić information content (AvgIpc) is 2.58. The van der Waals surface area contributed by atoms with Gasteiger partial charge in [-0.15, -0.1) is 0 Å². The number of amides is 2. The van der Waals surface area contributed by atoms with Gasteiger partial charge >= 0.3 is 0 Å². The number of nitrogens with zero attached hydrogens (tertiary/aromatic N) is 1. The third kappa shape index (κ3) is 4.74. The van der Waals surface area contributed by atoms with E-state index in [1.807, 2.05) is 30.3 Å². The highest BCUT2D eigenvalue weighted by Gasteiger charge is 2.11. The van der Waals surface area contributed by atoms with Crippen molar-refractivity contribution in [2.45, 2.75) is 6.92 Å². The van der Waals surface area contributed by atoms with Gasteiger partial charge in [-0.25, -0.2) is 9.82 Å². The van der Waals surface area contributed by atoms with Crippen LogP contribution in [0.3, 0.4) is 0 Å². The number of carbonyl (C=O) groups is 2. The van der Waals surface area contributed by atoms with Gasteiger partial charge in [0.05, 0.1) is 17.8 Å². The van der Waals surface area contributed by atoms with Crippen LogP contribution >= 0.6 is 0 Å². The number of hydrazone groups is 1. The summed E-state index contributed by atoms with van der Waals surface area (Å²) < 4.78 is 13.4. The monoisotopic (exact) mass is 313 g/mol. The second kappa shape index (κ2) is 7.84. The lowest BCUT2D eigenvalue weighted by Crippen LogP contribution is -2.35. The molecule has 2 rings (SSSR count). The van der Waals surface area contributed by atoms with Crippen LogP contribution in [-0.4, -0.2) is 24.1 Å². The van der Waals surface area contributed by atoms with Crippen molar-refractivity contribution in [1.29, 1.82) is 0 Å². The quantitative estimate of drug-likeness (QED) is 0.655. The summed E-state index contributed by atoms with van der Waals surface area (Å²) in [6.07, 6.45) is 0. The molecule has 2 amide bonds. The van der Waals surface area contributed by atoms with Gasteiger partial charge in [-0.05, 0) is 24.6 Å². The van der Waals surface area contributed by atoms with E-state index in [0.717, 1.165) is 5.56 Å². The molecule has 0 saturated carbocycles. The molecule has 0 bridgehead atoms. The van der Waals surface area contributed by atoms with E-state index in [1.165, 1.54) is 18.2 Å². The summed E-state index contributed by atoms with van der Waals surface area (Å²) in [5, 5.41) is 6.30. The first kappa shape index (κ1) is 16.4. The number of halogens is 1. The highest BCUT2D eigenvalue weighted by molar-refractivity contribution is 6.00. The molecule has 0 aromatic heterocycles. The molecule has 2 aromatic carbocycles. The van der Waals surface area contributed by atoms with Crippen molar-refractivity contribution in [3.63, 3.8) is 0 Å². The first-order chi connectivity index (χ1) is 11.1. The summed E-state index contributed by atoms with van der Waals surface area (Å²) in [7, 11) is 0. The molecule has 0 fully saturated rings. The van der Waals surface area contributed by atoms with Crippen LogP contribution in [-0.2, 0) is 4.79 Å². The van der Waals surface area contributed by atoms with E-state index in [0.29, 0.717) is 5.71 Å². The summed E-state index contributed by atoms with van der Waals surface area (Å²) in [5.74, 6) is -1.78. The number of rotatable bonds is 5. The van der Waals surface area contributed by atoms with E-state index in [1.54, 1.807) is 13.0 Å². The zero-order valence-corrected chi connectivity index (χ0v) is 12.5. The number of hydrogen-bond acceptors (Lipinski definition) is 3. The summed E-state index contributed by atoms with van der Waals surface area (Å²) in [5.41, 5.74) is 3.75. The van der Waals surface area contributed by atoms with Crippen molar-refractivity contribution in [3.8, 4) is 0 Å². The molecule has 6 heteroatoms. The highest BCUT2D eigenvalue weighted by atomic mass is 19.1. The van der Waals surface area contributed by atoms with E-state index in [2.05, 4.69) is 15.8 Å². The Morgan fingerprint density at radius 3 is 2.39 bits per heavy atom. The van der Waals surface area contributed by atoms with Crippen molar-refractivity contribution in [3.05, 3.63) is 71.5 Å². The molecule has 0 aliphatic heterocycles. The summed E-state index contributed by atoms with van der Waals surface area (Å²) in [6, 6.07) is 14.9. The minimum Gasteiger partial charge on any atom is -0.343 e. The Hall–Kier alpha value is -3.02. The van der Waals surface area contributed by atoms with Gasteiger partial charge in [0.1, 0.15) is 5.82 Å². The standard InChI is InChI=1S/C17H16FN3O2/c1-12(13-7-3-2-4-8-13)20-21-16(22)11-19-17(23)14-9-5-6-10-15(14)18/h2-10H,11H2,1H3,(H,19,23)(H,21,22). The van der Waals surface area contributed by atoms with E-state index >= 15 is 0 Å². The van der Waals surface area contributed by atoms with E-state index < -0.39 is 17.6 Å². The van der Waals surface area contributed by atoms with Gasteiger partial charge in [-0.2, -0.15) is 5.10 Å². The Kier molecular flexibility index (Phi) is 5.57. The lowest BCUT2D eigenvalue weighted by atomic mass is 10.1. The van der Waals surface area contributed by atoms with E-state index in [9.17, 15) is 14.0 Å². The van der Waals surface area contributed by atoms with Gasteiger partial charge in [0.2, 0.25) is 0 Å². The SMILES string of the molecule is CC(=NNC(=O)CNC(=O)c1ccccc1F)c1ccccc1. The topological polar surface area (TPSA) is 70.6 Å². The summed E-state index contributed by atoms with van der Waals surface area (Å²) in [4.78, 5) is 23.4. The van der Waals surface area contributed by atoms with Crippen LogP contribution in [0.15, 0.2) is 59.7 Å². The molecule has 2 N–H and O–H groups in total. The Morgan fingerprint density at radius 1 is 1.04 bits per heavy atom. The Balaban J connectivity index is 1.86. The second-order valence-corrected chi connectivity index (χ2v) is 4.76. The smallest absolute Gasteiger partial charge is 0.259 e. The predicted molar refractivity (Wildman–Crippen MR) is 85.5 cm³/mol. The van der Waals surface area contributed by atoms with Crippen LogP contribution in [0.2, 0.25) is 0 Å². The minimum atomic E-state index is -0.651. The van der Waals surface area contributed by atoms with Crippen LogP contribution < -0.4 is 10.7 Å². The van der Waals surface area contributed by atoms with E-state index in [-0.39, 0.29) is 12.1 Å². The van der Waals surface area contributed by atoms with Gasteiger partial charge in [-0.1, -0.05) is 42.5 Å².